The van der Waals surface area contributed by atoms with E-state index in [4.69, 9.17) is 0 Å². The second-order valence-corrected chi connectivity index (χ2v) is 7.24. The first-order valence-corrected chi connectivity index (χ1v) is 8.94. The molecule has 24 heavy (non-hydrogen) atoms. The highest BCUT2D eigenvalue weighted by Crippen LogP contribution is 2.44. The van der Waals surface area contributed by atoms with Crippen LogP contribution in [-0.2, 0) is 4.79 Å². The topological polar surface area (TPSA) is 45.2 Å². The Morgan fingerprint density at radius 3 is 2.79 bits per heavy atom. The predicted octanol–water partition coefficient (Wildman–Crippen LogP) is 3.89. The highest BCUT2D eigenvalue weighted by molar-refractivity contribution is 7.16. The maximum atomic E-state index is 14.2. The number of piperidine rings is 1. The molecule has 1 N–H and O–H groups in total. The molecule has 4 rings (SSSR count). The number of carbonyl (C=O) groups is 1. The van der Waals surface area contributed by atoms with Gasteiger partial charge in [-0.05, 0) is 43.0 Å². The summed E-state index contributed by atoms with van der Waals surface area (Å²) >= 11 is 1.47. The number of benzene rings is 1. The van der Waals surface area contributed by atoms with Gasteiger partial charge in [0, 0.05) is 25.4 Å². The van der Waals surface area contributed by atoms with E-state index >= 15 is 0 Å². The zero-order valence-corrected chi connectivity index (χ0v) is 13.8. The van der Waals surface area contributed by atoms with Crippen molar-refractivity contribution in [1.29, 1.82) is 0 Å². The number of amides is 1. The Hall–Kier alpha value is -2.02. The summed E-state index contributed by atoms with van der Waals surface area (Å²) in [5.41, 5.74) is 0.222. The first-order valence-electron chi connectivity index (χ1n) is 8.12. The number of hydrogen-bond donors (Lipinski definition) is 1. The van der Waals surface area contributed by atoms with E-state index in [9.17, 15) is 13.6 Å². The number of halogens is 2. The van der Waals surface area contributed by atoms with Crippen molar-refractivity contribution in [3.05, 3.63) is 40.3 Å². The predicted molar refractivity (Wildman–Crippen MR) is 89.6 cm³/mol. The van der Waals surface area contributed by atoms with Gasteiger partial charge < -0.3 is 10.2 Å². The molecule has 1 aromatic carbocycles. The molecule has 0 aliphatic carbocycles. The van der Waals surface area contributed by atoms with Gasteiger partial charge in [-0.1, -0.05) is 11.3 Å². The van der Waals surface area contributed by atoms with Crippen LogP contribution in [0.25, 0.3) is 0 Å². The van der Waals surface area contributed by atoms with Crippen LogP contribution in [0, 0.1) is 11.6 Å². The number of fused-ring (bicyclic) bond motifs is 1. The van der Waals surface area contributed by atoms with Gasteiger partial charge in [0.25, 0.3) is 0 Å². The summed E-state index contributed by atoms with van der Waals surface area (Å²) in [5.74, 6) is -1.20. The number of anilines is 2. The minimum absolute atomic E-state index is 0.106. The van der Waals surface area contributed by atoms with E-state index in [1.54, 1.807) is 0 Å². The lowest BCUT2D eigenvalue weighted by atomic mass is 9.91. The summed E-state index contributed by atoms with van der Waals surface area (Å²) in [5, 5.41) is 3.62. The van der Waals surface area contributed by atoms with Crippen LogP contribution in [0.15, 0.2) is 18.2 Å². The Labute approximate surface area is 142 Å². The first kappa shape index (κ1) is 15.5. The Morgan fingerprint density at radius 2 is 2.00 bits per heavy atom. The molecule has 2 aliphatic heterocycles. The SMILES string of the molecule is O=C1C[C@@H](c2cc(F)ccc2F)c2sc(N3CCCCC3)nc2N1. The molecule has 1 atom stereocenters. The lowest BCUT2D eigenvalue weighted by Crippen LogP contribution is -2.29. The van der Waals surface area contributed by atoms with E-state index < -0.39 is 17.6 Å². The van der Waals surface area contributed by atoms with Gasteiger partial charge in [0.2, 0.25) is 5.91 Å². The van der Waals surface area contributed by atoms with E-state index in [1.165, 1.54) is 23.8 Å². The fourth-order valence-electron chi connectivity index (χ4n) is 3.36. The van der Waals surface area contributed by atoms with Crippen LogP contribution in [0.1, 0.15) is 42.0 Å². The number of hydrogen-bond acceptors (Lipinski definition) is 4. The zero-order valence-electron chi connectivity index (χ0n) is 13.0. The zero-order chi connectivity index (χ0) is 16.7. The summed E-state index contributed by atoms with van der Waals surface area (Å²) in [6.07, 6.45) is 3.57. The molecule has 1 aromatic heterocycles. The largest absolute Gasteiger partial charge is 0.348 e. The molecule has 2 aromatic rings. The maximum absolute atomic E-state index is 14.2. The quantitative estimate of drug-likeness (QED) is 0.895. The van der Waals surface area contributed by atoms with Gasteiger partial charge in [-0.3, -0.25) is 4.79 Å². The molecule has 3 heterocycles. The monoisotopic (exact) mass is 349 g/mol. The number of aromatic nitrogens is 1. The van der Waals surface area contributed by atoms with Crippen LogP contribution >= 0.6 is 11.3 Å². The highest BCUT2D eigenvalue weighted by atomic mass is 32.1. The summed E-state index contributed by atoms with van der Waals surface area (Å²) in [7, 11) is 0. The standard InChI is InChI=1S/C17H17F2N3OS/c18-10-4-5-13(19)11(8-10)12-9-14(23)20-16-15(12)24-17(21-16)22-6-2-1-3-7-22/h4-5,8,12H,1-3,6-7,9H2,(H,20,23)/t12-/m0/s1. The van der Waals surface area contributed by atoms with Crippen molar-refractivity contribution in [2.24, 2.45) is 0 Å². The fraction of sp³-hybridized carbons (Fsp3) is 0.412. The average Bonchev–Trinajstić information content (AvgIpc) is 3.01. The molecule has 126 valence electrons. The van der Waals surface area contributed by atoms with Crippen LogP contribution < -0.4 is 10.2 Å². The summed E-state index contributed by atoms with van der Waals surface area (Å²) in [6, 6.07) is 3.39. The molecule has 0 saturated carbocycles. The molecular weight excluding hydrogens is 332 g/mol. The van der Waals surface area contributed by atoms with Gasteiger partial charge in [0.1, 0.15) is 17.5 Å². The van der Waals surface area contributed by atoms with E-state index in [2.05, 4.69) is 15.2 Å². The molecule has 1 saturated heterocycles. The number of nitrogens with zero attached hydrogens (tertiary/aromatic N) is 2. The van der Waals surface area contributed by atoms with E-state index in [1.807, 2.05) is 0 Å². The summed E-state index contributed by atoms with van der Waals surface area (Å²) < 4.78 is 27.8. The Balaban J connectivity index is 1.74. The van der Waals surface area contributed by atoms with E-state index in [0.717, 1.165) is 48.1 Å². The van der Waals surface area contributed by atoms with Crippen molar-refractivity contribution >= 4 is 28.2 Å². The van der Waals surface area contributed by atoms with Crippen LogP contribution in [0.5, 0.6) is 0 Å². The van der Waals surface area contributed by atoms with Crippen LogP contribution in [0.4, 0.5) is 19.7 Å². The number of carbonyl (C=O) groups excluding carboxylic acids is 1. The molecule has 7 heteroatoms. The minimum atomic E-state index is -0.500. The third-order valence-corrected chi connectivity index (χ3v) is 5.80. The number of nitrogens with one attached hydrogen (secondary N) is 1. The third-order valence-electron chi connectivity index (χ3n) is 4.57. The van der Waals surface area contributed by atoms with Crippen molar-refractivity contribution in [2.75, 3.05) is 23.3 Å². The van der Waals surface area contributed by atoms with Crippen molar-refractivity contribution in [2.45, 2.75) is 31.6 Å². The molecule has 1 amide bonds. The minimum Gasteiger partial charge on any atom is -0.348 e. The molecule has 0 unspecified atom stereocenters. The molecule has 0 radical (unpaired) electrons. The lowest BCUT2D eigenvalue weighted by Gasteiger charge is -2.25. The second kappa shape index (κ2) is 6.12. The van der Waals surface area contributed by atoms with Crippen molar-refractivity contribution < 1.29 is 13.6 Å². The molecule has 1 fully saturated rings. The summed E-state index contributed by atoms with van der Waals surface area (Å²) in [6.45, 7) is 1.89. The number of thiazole rings is 1. The second-order valence-electron chi connectivity index (χ2n) is 6.23. The molecule has 4 nitrogen and oxygen atoms in total. The number of rotatable bonds is 2. The van der Waals surface area contributed by atoms with Gasteiger partial charge in [0.15, 0.2) is 5.13 Å². The average molecular weight is 349 g/mol. The Kier molecular flexibility index (Phi) is 3.96. The Morgan fingerprint density at radius 1 is 1.21 bits per heavy atom. The normalized spacial score (nSPS) is 20.7. The lowest BCUT2D eigenvalue weighted by molar-refractivity contribution is -0.116. The molecule has 2 aliphatic rings. The van der Waals surface area contributed by atoms with Gasteiger partial charge in [-0.15, -0.1) is 0 Å². The van der Waals surface area contributed by atoms with Gasteiger partial charge >= 0.3 is 0 Å². The first-order chi connectivity index (χ1) is 11.6. The Bertz CT molecular complexity index is 786. The summed E-state index contributed by atoms with van der Waals surface area (Å²) in [4.78, 5) is 19.6. The van der Waals surface area contributed by atoms with Crippen LogP contribution in [0.2, 0.25) is 0 Å². The molecule has 0 spiro atoms. The van der Waals surface area contributed by atoms with Crippen molar-refractivity contribution in [3.8, 4) is 0 Å². The fourth-order valence-corrected chi connectivity index (χ4v) is 4.55. The van der Waals surface area contributed by atoms with E-state index in [-0.39, 0.29) is 17.9 Å². The van der Waals surface area contributed by atoms with Crippen LogP contribution in [0.3, 0.4) is 0 Å². The van der Waals surface area contributed by atoms with E-state index in [0.29, 0.717) is 5.82 Å². The van der Waals surface area contributed by atoms with Crippen molar-refractivity contribution in [3.63, 3.8) is 0 Å². The molecular formula is C17H17F2N3OS. The highest BCUT2D eigenvalue weighted by Gasteiger charge is 2.33. The smallest absolute Gasteiger partial charge is 0.226 e. The maximum Gasteiger partial charge on any atom is 0.226 e. The third kappa shape index (κ3) is 2.77. The van der Waals surface area contributed by atoms with Gasteiger partial charge in [-0.25, -0.2) is 13.8 Å². The van der Waals surface area contributed by atoms with Crippen LogP contribution in [-0.4, -0.2) is 24.0 Å². The molecule has 0 bridgehead atoms. The van der Waals surface area contributed by atoms with Gasteiger partial charge in [-0.2, -0.15) is 0 Å². The van der Waals surface area contributed by atoms with Gasteiger partial charge in [0.05, 0.1) is 4.88 Å². The van der Waals surface area contributed by atoms with Crippen molar-refractivity contribution in [1.82, 2.24) is 4.98 Å².